The first-order valence-electron chi connectivity index (χ1n) is 7.47. The quantitative estimate of drug-likeness (QED) is 0.574. The smallest absolute Gasteiger partial charge is 0.277 e. The van der Waals surface area contributed by atoms with E-state index >= 15 is 0 Å². The van der Waals surface area contributed by atoms with Gasteiger partial charge in [0.15, 0.2) is 15.0 Å². The van der Waals surface area contributed by atoms with Crippen molar-refractivity contribution in [3.8, 4) is 0 Å². The number of carbonyl (C=O) groups excluding carboxylic acids is 1. The summed E-state index contributed by atoms with van der Waals surface area (Å²) in [4.78, 5) is 15.8. The van der Waals surface area contributed by atoms with Gasteiger partial charge in [-0.15, -0.1) is 10.2 Å². The molecule has 2 aromatic heterocycles. The Kier molecular flexibility index (Phi) is 5.60. The summed E-state index contributed by atoms with van der Waals surface area (Å²) >= 11 is 6.97. The molecule has 134 valence electrons. The summed E-state index contributed by atoms with van der Waals surface area (Å²) in [6, 6.07) is 3.32. The van der Waals surface area contributed by atoms with E-state index in [1.165, 1.54) is 6.20 Å². The van der Waals surface area contributed by atoms with Crippen LogP contribution in [0.1, 0.15) is 12.3 Å². The van der Waals surface area contributed by atoms with E-state index in [1.807, 2.05) is 0 Å². The van der Waals surface area contributed by atoms with Crippen molar-refractivity contribution >= 4 is 44.8 Å². The first-order chi connectivity index (χ1) is 11.9. The van der Waals surface area contributed by atoms with Gasteiger partial charge in [0.25, 0.3) is 5.22 Å². The summed E-state index contributed by atoms with van der Waals surface area (Å²) in [6.07, 6.45) is 2.58. The van der Waals surface area contributed by atoms with E-state index in [9.17, 15) is 13.2 Å². The lowest BCUT2D eigenvalue weighted by Gasteiger charge is -2.04. The molecule has 1 saturated heterocycles. The molecule has 0 spiro atoms. The molecular formula is C14H15ClN4O4S2. The maximum Gasteiger partial charge on any atom is 0.277 e. The molecule has 11 heteroatoms. The van der Waals surface area contributed by atoms with Crippen LogP contribution in [0.25, 0.3) is 0 Å². The highest BCUT2D eigenvalue weighted by molar-refractivity contribution is 7.99. The monoisotopic (exact) mass is 402 g/mol. The van der Waals surface area contributed by atoms with Crippen molar-refractivity contribution in [2.24, 2.45) is 5.92 Å². The molecule has 8 nitrogen and oxygen atoms in total. The van der Waals surface area contributed by atoms with Crippen LogP contribution in [0.4, 0.5) is 5.69 Å². The molecule has 1 amide bonds. The number of nitrogens with one attached hydrogen (secondary N) is 1. The van der Waals surface area contributed by atoms with Crippen molar-refractivity contribution in [2.75, 3.05) is 22.6 Å². The number of nitrogens with zero attached hydrogens (tertiary/aromatic N) is 3. The summed E-state index contributed by atoms with van der Waals surface area (Å²) in [5, 5.41) is 10.9. The Balaban J connectivity index is 1.48. The number of carbonyl (C=O) groups is 1. The minimum atomic E-state index is -2.93. The van der Waals surface area contributed by atoms with Gasteiger partial charge in [-0.1, -0.05) is 23.4 Å². The molecule has 3 heterocycles. The molecule has 2 aromatic rings. The molecule has 1 N–H and O–H groups in total. The van der Waals surface area contributed by atoms with Crippen molar-refractivity contribution < 1.29 is 17.6 Å². The minimum absolute atomic E-state index is 0.0133. The Morgan fingerprint density at radius 1 is 1.44 bits per heavy atom. The van der Waals surface area contributed by atoms with Gasteiger partial charge in [0.2, 0.25) is 11.8 Å². The first kappa shape index (κ1) is 18.2. The molecule has 0 radical (unpaired) electrons. The Hall–Kier alpha value is -1.65. The van der Waals surface area contributed by atoms with E-state index < -0.39 is 9.84 Å². The Morgan fingerprint density at radius 3 is 3.00 bits per heavy atom. The number of halogens is 1. The fourth-order valence-corrected chi connectivity index (χ4v) is 5.06. The van der Waals surface area contributed by atoms with Gasteiger partial charge in [-0.05, 0) is 24.5 Å². The van der Waals surface area contributed by atoms with E-state index in [-0.39, 0.29) is 39.5 Å². The van der Waals surface area contributed by atoms with Gasteiger partial charge in [0.05, 0.1) is 22.9 Å². The molecule has 0 aliphatic carbocycles. The maximum atomic E-state index is 11.9. The summed E-state index contributed by atoms with van der Waals surface area (Å²) in [5.74, 6) is 0.572. The fraction of sp³-hybridized carbons (Fsp3) is 0.429. The first-order valence-corrected chi connectivity index (χ1v) is 10.7. The number of aromatic nitrogens is 3. The number of hydrogen-bond donors (Lipinski definition) is 1. The van der Waals surface area contributed by atoms with Crippen molar-refractivity contribution in [1.82, 2.24) is 15.2 Å². The number of sulfone groups is 1. The Labute approximate surface area is 153 Å². The molecule has 0 unspecified atom stereocenters. The lowest BCUT2D eigenvalue weighted by Crippen LogP contribution is -2.14. The molecule has 1 aliphatic rings. The van der Waals surface area contributed by atoms with E-state index in [4.69, 9.17) is 16.0 Å². The second-order valence-electron chi connectivity index (χ2n) is 5.61. The molecule has 0 saturated carbocycles. The van der Waals surface area contributed by atoms with Crippen molar-refractivity contribution in [1.29, 1.82) is 0 Å². The Bertz CT molecular complexity index is 871. The van der Waals surface area contributed by atoms with Crippen LogP contribution in [0, 0.1) is 5.92 Å². The van der Waals surface area contributed by atoms with Crippen LogP contribution in [0.3, 0.4) is 0 Å². The van der Waals surface area contributed by atoms with Gasteiger partial charge in [-0.2, -0.15) is 0 Å². The highest BCUT2D eigenvalue weighted by Gasteiger charge is 2.29. The number of hydrogen-bond acceptors (Lipinski definition) is 8. The van der Waals surface area contributed by atoms with Crippen molar-refractivity contribution in [2.45, 2.75) is 18.1 Å². The lowest BCUT2D eigenvalue weighted by atomic mass is 10.1. The molecule has 3 rings (SSSR count). The van der Waals surface area contributed by atoms with Gasteiger partial charge in [-0.3, -0.25) is 4.79 Å². The number of amides is 1. The minimum Gasteiger partial charge on any atom is -0.416 e. The second-order valence-corrected chi connectivity index (χ2v) is 9.13. The number of pyridine rings is 1. The lowest BCUT2D eigenvalue weighted by molar-refractivity contribution is -0.113. The summed E-state index contributed by atoms with van der Waals surface area (Å²) in [7, 11) is -2.93. The third-order valence-corrected chi connectivity index (χ3v) is 6.55. The summed E-state index contributed by atoms with van der Waals surface area (Å²) in [6.45, 7) is 0. The number of anilines is 1. The van der Waals surface area contributed by atoms with Gasteiger partial charge in [0, 0.05) is 12.6 Å². The molecule has 25 heavy (non-hydrogen) atoms. The normalized spacial score (nSPS) is 19.0. The van der Waals surface area contributed by atoms with Gasteiger partial charge in [0.1, 0.15) is 0 Å². The zero-order chi connectivity index (χ0) is 17.9. The molecule has 1 aliphatic heterocycles. The van der Waals surface area contributed by atoms with Crippen molar-refractivity contribution in [3.63, 3.8) is 0 Å². The van der Waals surface area contributed by atoms with Gasteiger partial charge in [-0.25, -0.2) is 13.4 Å². The predicted molar refractivity (Wildman–Crippen MR) is 93.4 cm³/mol. The number of thioether (sulfide) groups is 1. The average Bonchev–Trinajstić information content (AvgIpc) is 3.14. The van der Waals surface area contributed by atoms with Crippen LogP contribution in [0.15, 0.2) is 28.0 Å². The SMILES string of the molecule is O=C(CSc1nnc(C[C@H]2CCS(=O)(=O)C2)o1)Nc1cccnc1Cl. The fourth-order valence-electron chi connectivity index (χ4n) is 2.45. The molecule has 0 aromatic carbocycles. The standard InChI is InChI=1S/C14H15ClN4O4S2/c15-13-10(2-1-4-16-13)17-11(20)7-24-14-19-18-12(23-14)6-9-3-5-25(21,22)8-9/h1-2,4,9H,3,5-8H2,(H,17,20)/t9-/m1/s1. The maximum absolute atomic E-state index is 11.9. The van der Waals surface area contributed by atoms with E-state index in [2.05, 4.69) is 20.5 Å². The number of rotatable bonds is 6. The molecule has 0 bridgehead atoms. The molecular weight excluding hydrogens is 388 g/mol. The molecule has 1 atom stereocenters. The topological polar surface area (TPSA) is 115 Å². The zero-order valence-corrected chi connectivity index (χ0v) is 15.4. The van der Waals surface area contributed by atoms with E-state index in [1.54, 1.807) is 12.1 Å². The zero-order valence-electron chi connectivity index (χ0n) is 13.0. The van der Waals surface area contributed by atoms with Gasteiger partial charge >= 0.3 is 0 Å². The van der Waals surface area contributed by atoms with E-state index in [0.717, 1.165) is 11.8 Å². The largest absolute Gasteiger partial charge is 0.416 e. The highest BCUT2D eigenvalue weighted by Crippen LogP contribution is 2.24. The Morgan fingerprint density at radius 2 is 2.28 bits per heavy atom. The second kappa shape index (κ2) is 7.71. The van der Waals surface area contributed by atoms with Crippen LogP contribution in [0.2, 0.25) is 5.15 Å². The van der Waals surface area contributed by atoms with Gasteiger partial charge < -0.3 is 9.73 Å². The predicted octanol–water partition coefficient (Wildman–Crippen LogP) is 1.83. The highest BCUT2D eigenvalue weighted by atomic mass is 35.5. The average molecular weight is 403 g/mol. The molecule has 1 fully saturated rings. The van der Waals surface area contributed by atoms with Crippen LogP contribution in [-0.2, 0) is 21.1 Å². The van der Waals surface area contributed by atoms with Crippen LogP contribution >= 0.6 is 23.4 Å². The van der Waals surface area contributed by atoms with Crippen LogP contribution < -0.4 is 5.32 Å². The van der Waals surface area contributed by atoms with Crippen LogP contribution in [0.5, 0.6) is 0 Å². The van der Waals surface area contributed by atoms with Crippen LogP contribution in [-0.4, -0.2) is 46.8 Å². The third-order valence-electron chi connectivity index (χ3n) is 3.60. The summed E-state index contributed by atoms with van der Waals surface area (Å²) < 4.78 is 28.4. The third kappa shape index (κ3) is 5.16. The van der Waals surface area contributed by atoms with Crippen molar-refractivity contribution in [3.05, 3.63) is 29.4 Å². The summed E-state index contributed by atoms with van der Waals surface area (Å²) in [5.41, 5.74) is 0.434. The van der Waals surface area contributed by atoms with E-state index in [0.29, 0.717) is 24.4 Å².